The van der Waals surface area contributed by atoms with E-state index in [1.165, 1.54) is 109 Å². The zero-order valence-corrected chi connectivity index (χ0v) is 32.9. The second-order valence-corrected chi connectivity index (χ2v) is 14.9. The smallest absolute Gasteiger partial charge is 0.249 e. The topological polar surface area (TPSA) is 169 Å². The first-order valence-corrected chi connectivity index (χ1v) is 21.2. The number of allylic oxidation sites excluding steroid dienone is 3. The molecule has 1 amide bonds. The van der Waals surface area contributed by atoms with E-state index in [0.29, 0.717) is 19.3 Å². The van der Waals surface area contributed by atoms with Crippen LogP contribution in [0.3, 0.4) is 0 Å². The quantitative estimate of drug-likeness (QED) is 0.0274. The molecule has 1 aliphatic rings. The van der Waals surface area contributed by atoms with Gasteiger partial charge in [0.05, 0.1) is 25.4 Å². The van der Waals surface area contributed by atoms with Crippen LogP contribution < -0.4 is 5.32 Å². The number of hydrogen-bond acceptors (Lipinski definition) is 9. The van der Waals surface area contributed by atoms with Crippen LogP contribution in [0.2, 0.25) is 0 Å². The Balaban J connectivity index is 2.50. The molecule has 10 nitrogen and oxygen atoms in total. The Hall–Kier alpha value is -1.37. The lowest BCUT2D eigenvalue weighted by molar-refractivity contribution is -0.302. The van der Waals surface area contributed by atoms with Crippen LogP contribution in [-0.2, 0) is 14.3 Å². The van der Waals surface area contributed by atoms with Gasteiger partial charge < -0.3 is 45.4 Å². The summed E-state index contributed by atoms with van der Waals surface area (Å²) >= 11 is 0. The maximum Gasteiger partial charge on any atom is 0.249 e. The minimum atomic E-state index is -1.61. The summed E-state index contributed by atoms with van der Waals surface area (Å²) in [6, 6.07) is -0.991. The summed E-state index contributed by atoms with van der Waals surface area (Å²) in [6.07, 6.45) is 26.9. The Labute approximate surface area is 316 Å². The fraction of sp³-hybridized carbons (Fsp3) is 0.881. The molecule has 306 valence electrons. The van der Waals surface area contributed by atoms with Crippen molar-refractivity contribution in [2.75, 3.05) is 13.2 Å². The van der Waals surface area contributed by atoms with Crippen LogP contribution in [0.1, 0.15) is 174 Å². The van der Waals surface area contributed by atoms with Crippen molar-refractivity contribution in [3.05, 3.63) is 24.3 Å². The number of amides is 1. The lowest BCUT2D eigenvalue weighted by Gasteiger charge is -2.40. The Bertz CT molecular complexity index is 886. The average molecular weight is 742 g/mol. The van der Waals surface area contributed by atoms with E-state index in [0.717, 1.165) is 32.1 Å². The van der Waals surface area contributed by atoms with Gasteiger partial charge in [0, 0.05) is 0 Å². The Morgan fingerprint density at radius 2 is 1.13 bits per heavy atom. The molecule has 0 saturated carbocycles. The molecule has 0 aromatic heterocycles. The van der Waals surface area contributed by atoms with Crippen molar-refractivity contribution in [1.29, 1.82) is 0 Å². The van der Waals surface area contributed by atoms with Crippen LogP contribution in [0, 0.1) is 0 Å². The summed E-state index contributed by atoms with van der Waals surface area (Å²) in [6.45, 7) is 3.56. The first kappa shape index (κ1) is 48.6. The highest BCUT2D eigenvalue weighted by Crippen LogP contribution is 2.22. The van der Waals surface area contributed by atoms with E-state index in [4.69, 9.17) is 9.47 Å². The molecular weight excluding hydrogens is 662 g/mol. The Kier molecular flexibility index (Phi) is 30.9. The minimum absolute atomic E-state index is 0.307. The summed E-state index contributed by atoms with van der Waals surface area (Å²) < 4.78 is 11.1. The number of ether oxygens (including phenoxy) is 2. The number of carbonyl (C=O) groups excluding carboxylic acids is 1. The zero-order chi connectivity index (χ0) is 38.2. The van der Waals surface area contributed by atoms with Gasteiger partial charge in [0.1, 0.15) is 30.5 Å². The van der Waals surface area contributed by atoms with Crippen molar-refractivity contribution >= 4 is 5.91 Å². The molecule has 1 saturated heterocycles. The van der Waals surface area contributed by atoms with Crippen molar-refractivity contribution in [3.8, 4) is 0 Å². The monoisotopic (exact) mass is 742 g/mol. The summed E-state index contributed by atoms with van der Waals surface area (Å²) in [5.74, 6) is -0.627. The van der Waals surface area contributed by atoms with E-state index in [9.17, 15) is 35.4 Å². The highest BCUT2D eigenvalue weighted by molar-refractivity contribution is 5.80. The Morgan fingerprint density at radius 1 is 0.654 bits per heavy atom. The summed E-state index contributed by atoms with van der Waals surface area (Å²) in [7, 11) is 0. The lowest BCUT2D eigenvalue weighted by Crippen LogP contribution is -2.60. The molecule has 52 heavy (non-hydrogen) atoms. The number of unbranched alkanes of at least 4 members (excludes halogenated alkanes) is 21. The lowest BCUT2D eigenvalue weighted by atomic mass is 9.99. The van der Waals surface area contributed by atoms with Gasteiger partial charge in [-0.1, -0.05) is 167 Å². The molecule has 0 aromatic rings. The molecule has 0 aromatic carbocycles. The van der Waals surface area contributed by atoms with Crippen LogP contribution in [-0.4, -0.2) is 98.7 Å². The standard InChI is InChI=1S/C42H79NO9/c1-3-5-7-9-11-13-15-17-19-21-23-25-27-29-31-36(46)41(50)43-34(33-51-42-40(49)39(48)38(47)37(32-44)52-42)35(45)30-28-26-24-22-20-18-16-14-12-10-8-6-4-2/h20,22,28,30,34-40,42,44-49H,3-19,21,23-27,29,31-33H2,1-2H3,(H,43,50)/b22-20-,30-28+/t34-,35+,36+,37+,38+,39-,40+,42+/m0/s1. The van der Waals surface area contributed by atoms with Crippen LogP contribution >= 0.6 is 0 Å². The third kappa shape index (κ3) is 23.4. The molecule has 0 unspecified atom stereocenters. The van der Waals surface area contributed by atoms with E-state index in [2.05, 4.69) is 31.3 Å². The third-order valence-corrected chi connectivity index (χ3v) is 10.1. The molecule has 7 N–H and O–H groups in total. The van der Waals surface area contributed by atoms with Gasteiger partial charge >= 0.3 is 0 Å². The summed E-state index contributed by atoms with van der Waals surface area (Å²) in [5.41, 5.74) is 0. The van der Waals surface area contributed by atoms with Gasteiger partial charge in [-0.05, 0) is 32.1 Å². The number of carbonyl (C=O) groups is 1. The van der Waals surface area contributed by atoms with Crippen molar-refractivity contribution in [3.63, 3.8) is 0 Å². The van der Waals surface area contributed by atoms with E-state index in [1.54, 1.807) is 6.08 Å². The SMILES string of the molecule is CCCCCCCCC/C=C\CC/C=C/[C@@H](O)[C@H](CO[C@@H]1O[C@H](CO)[C@@H](O)[C@H](O)[C@H]1O)NC(=O)[C@H](O)CCCCCCCCCCCCCCCC. The van der Waals surface area contributed by atoms with Crippen molar-refractivity contribution in [2.45, 2.75) is 223 Å². The van der Waals surface area contributed by atoms with E-state index < -0.39 is 61.5 Å². The van der Waals surface area contributed by atoms with Gasteiger partial charge in [0.15, 0.2) is 6.29 Å². The van der Waals surface area contributed by atoms with Gasteiger partial charge in [-0.3, -0.25) is 4.79 Å². The summed E-state index contributed by atoms with van der Waals surface area (Å²) in [4.78, 5) is 13.0. The molecular formula is C42H79NO9. The zero-order valence-electron chi connectivity index (χ0n) is 32.9. The third-order valence-electron chi connectivity index (χ3n) is 10.1. The first-order valence-electron chi connectivity index (χ1n) is 21.2. The van der Waals surface area contributed by atoms with Gasteiger partial charge in [-0.2, -0.15) is 0 Å². The number of nitrogens with one attached hydrogen (secondary N) is 1. The van der Waals surface area contributed by atoms with Gasteiger partial charge in [0.2, 0.25) is 5.91 Å². The molecule has 8 atom stereocenters. The first-order chi connectivity index (χ1) is 25.3. The highest BCUT2D eigenvalue weighted by Gasteiger charge is 2.44. The van der Waals surface area contributed by atoms with E-state index in [1.807, 2.05) is 6.08 Å². The normalized spacial score (nSPS) is 22.7. The molecule has 1 rings (SSSR count). The second-order valence-electron chi connectivity index (χ2n) is 14.9. The highest BCUT2D eigenvalue weighted by atomic mass is 16.7. The van der Waals surface area contributed by atoms with Crippen LogP contribution in [0.15, 0.2) is 24.3 Å². The maximum absolute atomic E-state index is 13.0. The fourth-order valence-corrected chi connectivity index (χ4v) is 6.59. The average Bonchev–Trinajstić information content (AvgIpc) is 3.14. The van der Waals surface area contributed by atoms with Crippen molar-refractivity contribution in [2.24, 2.45) is 0 Å². The number of aliphatic hydroxyl groups excluding tert-OH is 6. The molecule has 0 radical (unpaired) electrons. The molecule has 1 aliphatic heterocycles. The van der Waals surface area contributed by atoms with Gasteiger partial charge in [-0.25, -0.2) is 0 Å². The predicted octanol–water partition coefficient (Wildman–Crippen LogP) is 6.91. The number of hydrogen-bond donors (Lipinski definition) is 7. The van der Waals surface area contributed by atoms with Gasteiger partial charge in [-0.15, -0.1) is 0 Å². The molecule has 0 aliphatic carbocycles. The van der Waals surface area contributed by atoms with Crippen LogP contribution in [0.5, 0.6) is 0 Å². The molecule has 1 heterocycles. The maximum atomic E-state index is 13.0. The van der Waals surface area contributed by atoms with Crippen molar-refractivity contribution in [1.82, 2.24) is 5.32 Å². The summed E-state index contributed by atoms with van der Waals surface area (Å²) in [5, 5.41) is 64.4. The van der Waals surface area contributed by atoms with E-state index >= 15 is 0 Å². The second kappa shape index (κ2) is 33.0. The van der Waals surface area contributed by atoms with E-state index in [-0.39, 0.29) is 6.61 Å². The molecule has 0 bridgehead atoms. The fourth-order valence-electron chi connectivity index (χ4n) is 6.59. The van der Waals surface area contributed by atoms with Crippen LogP contribution in [0.25, 0.3) is 0 Å². The molecule has 0 spiro atoms. The molecule has 1 fully saturated rings. The van der Waals surface area contributed by atoms with Crippen molar-refractivity contribution < 1.29 is 44.9 Å². The predicted molar refractivity (Wildman–Crippen MR) is 209 cm³/mol. The van der Waals surface area contributed by atoms with Crippen LogP contribution in [0.4, 0.5) is 0 Å². The Morgan fingerprint density at radius 3 is 1.67 bits per heavy atom. The number of rotatable bonds is 34. The number of aliphatic hydroxyl groups is 6. The van der Waals surface area contributed by atoms with Gasteiger partial charge in [0.25, 0.3) is 0 Å². The molecule has 10 heteroatoms. The largest absolute Gasteiger partial charge is 0.394 e. The minimum Gasteiger partial charge on any atom is -0.394 e.